The van der Waals surface area contributed by atoms with E-state index in [-0.39, 0.29) is 31.0 Å². The molecule has 104 valence electrons. The van der Waals surface area contributed by atoms with Gasteiger partial charge in [-0.15, -0.1) is 11.3 Å². The Balaban J connectivity index is 2.22. The third-order valence-corrected chi connectivity index (χ3v) is 4.09. The van der Waals surface area contributed by atoms with Crippen molar-refractivity contribution in [2.75, 3.05) is 7.11 Å². The first-order chi connectivity index (χ1) is 8.96. The molecule has 1 saturated carbocycles. The molecule has 5 nitrogen and oxygen atoms in total. The zero-order valence-electron chi connectivity index (χ0n) is 10.1. The SMILES string of the molecule is COC(=O)c1nc(CNC=O)sc1C1CC(F)(F)C1. The van der Waals surface area contributed by atoms with Crippen LogP contribution in [0, 0.1) is 0 Å². The molecule has 0 unspecified atom stereocenters. The molecule has 19 heavy (non-hydrogen) atoms. The summed E-state index contributed by atoms with van der Waals surface area (Å²) in [6.07, 6.45) is -0.0458. The molecular weight excluding hydrogens is 278 g/mol. The smallest absolute Gasteiger partial charge is 0.357 e. The Morgan fingerprint density at radius 2 is 2.32 bits per heavy atom. The number of halogens is 2. The number of thiazole rings is 1. The Kier molecular flexibility index (Phi) is 3.79. The maximum absolute atomic E-state index is 12.9. The summed E-state index contributed by atoms with van der Waals surface area (Å²) in [6, 6.07) is 0. The molecule has 0 bridgehead atoms. The molecule has 1 aliphatic rings. The van der Waals surface area contributed by atoms with Crippen LogP contribution in [-0.4, -0.2) is 30.4 Å². The highest BCUT2D eigenvalue weighted by Crippen LogP contribution is 2.50. The van der Waals surface area contributed by atoms with Crippen LogP contribution >= 0.6 is 11.3 Å². The van der Waals surface area contributed by atoms with Crippen molar-refractivity contribution in [3.63, 3.8) is 0 Å². The van der Waals surface area contributed by atoms with Crippen molar-refractivity contribution < 1.29 is 23.1 Å². The summed E-state index contributed by atoms with van der Waals surface area (Å²) in [6.45, 7) is 0.168. The van der Waals surface area contributed by atoms with Gasteiger partial charge >= 0.3 is 5.97 Å². The van der Waals surface area contributed by atoms with Crippen LogP contribution < -0.4 is 5.32 Å². The van der Waals surface area contributed by atoms with Crippen molar-refractivity contribution in [2.45, 2.75) is 31.2 Å². The first-order valence-electron chi connectivity index (χ1n) is 5.59. The number of nitrogens with zero attached hydrogens (tertiary/aromatic N) is 1. The highest BCUT2D eigenvalue weighted by Gasteiger charge is 2.48. The van der Waals surface area contributed by atoms with Crippen LogP contribution in [0.25, 0.3) is 0 Å². The van der Waals surface area contributed by atoms with Crippen molar-refractivity contribution in [3.05, 3.63) is 15.6 Å². The first-order valence-corrected chi connectivity index (χ1v) is 6.41. The van der Waals surface area contributed by atoms with Gasteiger partial charge < -0.3 is 10.1 Å². The predicted molar refractivity (Wildman–Crippen MR) is 63.3 cm³/mol. The second-order valence-electron chi connectivity index (χ2n) is 4.27. The van der Waals surface area contributed by atoms with Crippen LogP contribution in [0.5, 0.6) is 0 Å². The van der Waals surface area contributed by atoms with Crippen LogP contribution in [0.3, 0.4) is 0 Å². The fraction of sp³-hybridized carbons (Fsp3) is 0.545. The monoisotopic (exact) mass is 290 g/mol. The summed E-state index contributed by atoms with van der Waals surface area (Å²) >= 11 is 1.16. The lowest BCUT2D eigenvalue weighted by molar-refractivity contribution is -0.109. The van der Waals surface area contributed by atoms with Gasteiger partial charge in [0.2, 0.25) is 12.3 Å². The van der Waals surface area contributed by atoms with E-state index in [2.05, 4.69) is 15.0 Å². The number of hydrogen-bond donors (Lipinski definition) is 1. The van der Waals surface area contributed by atoms with Gasteiger partial charge in [0.1, 0.15) is 5.01 Å². The van der Waals surface area contributed by atoms with E-state index in [0.29, 0.717) is 16.3 Å². The van der Waals surface area contributed by atoms with E-state index >= 15 is 0 Å². The largest absolute Gasteiger partial charge is 0.464 e. The zero-order valence-corrected chi connectivity index (χ0v) is 10.9. The average Bonchev–Trinajstić information content (AvgIpc) is 2.76. The van der Waals surface area contributed by atoms with E-state index < -0.39 is 11.9 Å². The number of hydrogen-bond acceptors (Lipinski definition) is 5. The van der Waals surface area contributed by atoms with E-state index in [1.807, 2.05) is 0 Å². The minimum absolute atomic E-state index is 0.0794. The average molecular weight is 290 g/mol. The number of nitrogens with one attached hydrogen (secondary N) is 1. The number of amides is 1. The number of rotatable bonds is 5. The molecule has 0 aliphatic heterocycles. The van der Waals surface area contributed by atoms with Gasteiger partial charge in [-0.2, -0.15) is 0 Å². The predicted octanol–water partition coefficient (Wildman–Crippen LogP) is 1.69. The lowest BCUT2D eigenvalue weighted by Gasteiger charge is -2.34. The number of ether oxygens (including phenoxy) is 1. The fourth-order valence-corrected chi connectivity index (χ4v) is 3.05. The molecule has 0 radical (unpaired) electrons. The van der Waals surface area contributed by atoms with Crippen LogP contribution in [0.1, 0.15) is 39.1 Å². The number of aromatic nitrogens is 1. The Hall–Kier alpha value is -1.57. The molecule has 1 aromatic rings. The highest BCUT2D eigenvalue weighted by molar-refractivity contribution is 7.12. The van der Waals surface area contributed by atoms with E-state index in [1.165, 1.54) is 7.11 Å². The molecule has 1 aliphatic carbocycles. The highest BCUT2D eigenvalue weighted by atomic mass is 32.1. The van der Waals surface area contributed by atoms with Crippen LogP contribution in [0.15, 0.2) is 0 Å². The second-order valence-corrected chi connectivity index (χ2v) is 5.39. The summed E-state index contributed by atoms with van der Waals surface area (Å²) < 4.78 is 30.4. The van der Waals surface area contributed by atoms with Gasteiger partial charge in [-0.25, -0.2) is 18.6 Å². The van der Waals surface area contributed by atoms with Crippen LogP contribution in [0.4, 0.5) is 8.78 Å². The molecule has 1 heterocycles. The molecule has 0 atom stereocenters. The van der Waals surface area contributed by atoms with E-state index in [4.69, 9.17) is 0 Å². The van der Waals surface area contributed by atoms with Crippen LogP contribution in [0.2, 0.25) is 0 Å². The normalized spacial score (nSPS) is 17.6. The topological polar surface area (TPSA) is 68.3 Å². The lowest BCUT2D eigenvalue weighted by atomic mass is 9.80. The van der Waals surface area contributed by atoms with Crippen molar-refractivity contribution in [3.8, 4) is 0 Å². The van der Waals surface area contributed by atoms with Crippen molar-refractivity contribution in [1.82, 2.24) is 10.3 Å². The number of carbonyl (C=O) groups excluding carboxylic acids is 2. The molecule has 8 heteroatoms. The van der Waals surface area contributed by atoms with Crippen molar-refractivity contribution >= 4 is 23.7 Å². The quantitative estimate of drug-likeness (QED) is 0.662. The summed E-state index contributed by atoms with van der Waals surface area (Å²) in [5.41, 5.74) is 0.0794. The van der Waals surface area contributed by atoms with Gasteiger partial charge in [-0.05, 0) is 0 Å². The summed E-state index contributed by atoms with van der Waals surface area (Å²) in [7, 11) is 1.21. The molecule has 0 spiro atoms. The van der Waals surface area contributed by atoms with Gasteiger partial charge in [0.15, 0.2) is 5.69 Å². The fourth-order valence-electron chi connectivity index (χ4n) is 1.95. The maximum Gasteiger partial charge on any atom is 0.357 e. The molecule has 2 rings (SSSR count). The van der Waals surface area contributed by atoms with E-state index in [9.17, 15) is 18.4 Å². The number of esters is 1. The van der Waals surface area contributed by atoms with Gasteiger partial charge in [-0.3, -0.25) is 4.79 Å². The van der Waals surface area contributed by atoms with Gasteiger partial charge in [0, 0.05) is 23.6 Å². The summed E-state index contributed by atoms with van der Waals surface area (Å²) in [4.78, 5) is 26.4. The number of methoxy groups -OCH3 is 1. The third kappa shape index (κ3) is 2.89. The molecule has 0 aromatic carbocycles. The molecule has 1 fully saturated rings. The van der Waals surface area contributed by atoms with Crippen molar-refractivity contribution in [2.24, 2.45) is 0 Å². The summed E-state index contributed by atoms with van der Waals surface area (Å²) in [5.74, 6) is -3.67. The van der Waals surface area contributed by atoms with Gasteiger partial charge in [0.25, 0.3) is 0 Å². The molecular formula is C11H12F2N2O3S. The standard InChI is InChI=1S/C11H12F2N2O3S/c1-18-10(17)8-9(6-2-11(12,13)3-6)19-7(15-8)4-14-5-16/h5-6H,2-4H2,1H3,(H,14,16). The van der Waals surface area contributed by atoms with Crippen LogP contribution in [-0.2, 0) is 16.1 Å². The zero-order chi connectivity index (χ0) is 14.0. The second kappa shape index (κ2) is 5.20. The van der Waals surface area contributed by atoms with E-state index in [0.717, 1.165) is 11.3 Å². The third-order valence-electron chi connectivity index (χ3n) is 2.87. The minimum Gasteiger partial charge on any atom is -0.464 e. The molecule has 1 amide bonds. The molecule has 1 aromatic heterocycles. The van der Waals surface area contributed by atoms with Gasteiger partial charge in [-0.1, -0.05) is 0 Å². The number of carbonyl (C=O) groups is 2. The first kappa shape index (κ1) is 13.9. The van der Waals surface area contributed by atoms with Gasteiger partial charge in [0.05, 0.1) is 13.7 Å². The number of alkyl halides is 2. The minimum atomic E-state index is -2.66. The Morgan fingerprint density at radius 3 is 2.84 bits per heavy atom. The summed E-state index contributed by atoms with van der Waals surface area (Å²) in [5, 5.41) is 2.92. The Bertz CT molecular complexity index is 496. The lowest BCUT2D eigenvalue weighted by Crippen LogP contribution is -2.34. The molecule has 0 saturated heterocycles. The Morgan fingerprint density at radius 1 is 1.63 bits per heavy atom. The maximum atomic E-state index is 12.9. The Labute approximate surface area is 112 Å². The van der Waals surface area contributed by atoms with E-state index in [1.54, 1.807) is 0 Å². The molecule has 1 N–H and O–H groups in total. The van der Waals surface area contributed by atoms with Crippen molar-refractivity contribution in [1.29, 1.82) is 0 Å².